The van der Waals surface area contributed by atoms with Gasteiger partial charge in [0.25, 0.3) is 0 Å². The van der Waals surface area contributed by atoms with E-state index in [0.29, 0.717) is 13.1 Å². The van der Waals surface area contributed by atoms with Gasteiger partial charge in [-0.25, -0.2) is 0 Å². The van der Waals surface area contributed by atoms with E-state index in [1.54, 1.807) is 26.6 Å². The molecule has 6 nitrogen and oxygen atoms in total. The van der Waals surface area contributed by atoms with Crippen LogP contribution < -0.4 is 14.4 Å². The van der Waals surface area contributed by atoms with Gasteiger partial charge in [0, 0.05) is 60.5 Å². The minimum absolute atomic E-state index is 0.0245. The van der Waals surface area contributed by atoms with E-state index in [9.17, 15) is 4.79 Å². The maximum absolute atomic E-state index is 13.0. The summed E-state index contributed by atoms with van der Waals surface area (Å²) < 4.78 is 16.7. The van der Waals surface area contributed by atoms with Gasteiger partial charge >= 0.3 is 0 Å². The second-order valence-electron chi connectivity index (χ2n) is 8.22. The molecule has 32 heavy (non-hydrogen) atoms. The number of rotatable bonds is 5. The minimum atomic E-state index is 0.0245. The van der Waals surface area contributed by atoms with E-state index in [1.165, 1.54) is 0 Å². The third-order valence-corrected chi connectivity index (χ3v) is 6.22. The maximum atomic E-state index is 13.0. The molecule has 1 saturated heterocycles. The molecule has 0 saturated carbocycles. The fraction of sp³-hybridized carbons (Fsp3) is 0.346. The third kappa shape index (κ3) is 4.05. The summed E-state index contributed by atoms with van der Waals surface area (Å²) >= 11 is 0. The van der Waals surface area contributed by atoms with Crippen LogP contribution in [0.4, 0.5) is 5.69 Å². The van der Waals surface area contributed by atoms with Gasteiger partial charge in [0.15, 0.2) is 0 Å². The summed E-state index contributed by atoms with van der Waals surface area (Å²) in [6, 6.07) is 10.1. The zero-order valence-corrected chi connectivity index (χ0v) is 19.4. The lowest BCUT2D eigenvalue weighted by atomic mass is 9.98. The highest BCUT2D eigenvalue weighted by molar-refractivity contribution is 5.98. The highest BCUT2D eigenvalue weighted by Gasteiger charge is 2.22. The molecule has 1 aliphatic rings. The summed E-state index contributed by atoms with van der Waals surface area (Å²) in [6.07, 6.45) is 3.48. The topological polar surface area (TPSA) is 55.2 Å². The molecule has 168 valence electrons. The number of anilines is 1. The normalized spacial score (nSPS) is 14.7. The number of allylic oxidation sites excluding steroid dienone is 1. The summed E-state index contributed by atoms with van der Waals surface area (Å²) in [5.41, 5.74) is 5.76. The lowest BCUT2D eigenvalue weighted by Gasteiger charge is -2.35. The Labute approximate surface area is 189 Å². The number of ether oxygens (including phenoxy) is 2. The molecule has 2 aromatic carbocycles. The van der Waals surface area contributed by atoms with E-state index in [0.717, 1.165) is 63.5 Å². The monoisotopic (exact) mass is 434 g/mol. The van der Waals surface area contributed by atoms with E-state index >= 15 is 0 Å². The van der Waals surface area contributed by atoms with Crippen molar-refractivity contribution in [1.29, 1.82) is 0 Å². The molecule has 1 aliphatic heterocycles. The van der Waals surface area contributed by atoms with Gasteiger partial charge < -0.3 is 23.7 Å². The van der Waals surface area contributed by atoms with Crippen molar-refractivity contribution in [1.82, 2.24) is 4.90 Å². The van der Waals surface area contributed by atoms with Gasteiger partial charge in [0.2, 0.25) is 5.91 Å². The second kappa shape index (κ2) is 8.99. The van der Waals surface area contributed by atoms with Crippen molar-refractivity contribution in [2.24, 2.45) is 0 Å². The molecule has 1 amide bonds. The molecule has 0 radical (unpaired) electrons. The number of piperazine rings is 1. The molecule has 6 heteroatoms. The lowest BCUT2D eigenvalue weighted by Crippen LogP contribution is -2.48. The number of hydrogen-bond donors (Lipinski definition) is 0. The van der Waals surface area contributed by atoms with Crippen molar-refractivity contribution in [2.75, 3.05) is 45.3 Å². The van der Waals surface area contributed by atoms with Gasteiger partial charge in [-0.3, -0.25) is 4.79 Å². The molecule has 0 aliphatic carbocycles. The molecule has 3 aromatic rings. The predicted octanol–water partition coefficient (Wildman–Crippen LogP) is 4.82. The molecule has 1 fully saturated rings. The van der Waals surface area contributed by atoms with Crippen molar-refractivity contribution in [3.05, 3.63) is 59.4 Å². The van der Waals surface area contributed by atoms with Gasteiger partial charge in [0.05, 0.1) is 20.5 Å². The first-order valence-electron chi connectivity index (χ1n) is 10.8. The fourth-order valence-electron chi connectivity index (χ4n) is 4.34. The Morgan fingerprint density at radius 3 is 2.50 bits per heavy atom. The maximum Gasteiger partial charge on any atom is 0.246 e. The predicted molar refractivity (Wildman–Crippen MR) is 128 cm³/mol. The third-order valence-electron chi connectivity index (χ3n) is 6.22. The summed E-state index contributed by atoms with van der Waals surface area (Å²) in [4.78, 5) is 17.2. The Bertz CT molecular complexity index is 1170. The van der Waals surface area contributed by atoms with E-state index in [4.69, 9.17) is 13.9 Å². The molecule has 0 bridgehead atoms. The average Bonchev–Trinajstić information content (AvgIpc) is 3.20. The van der Waals surface area contributed by atoms with Crippen LogP contribution in [0.1, 0.15) is 23.6 Å². The average molecular weight is 435 g/mol. The van der Waals surface area contributed by atoms with E-state index in [-0.39, 0.29) is 5.91 Å². The smallest absolute Gasteiger partial charge is 0.246 e. The first-order chi connectivity index (χ1) is 15.4. The summed E-state index contributed by atoms with van der Waals surface area (Å²) in [5.74, 6) is 1.61. The molecule has 0 spiro atoms. The Balaban J connectivity index is 1.51. The number of nitrogens with zero attached hydrogens (tertiary/aromatic N) is 2. The molecule has 0 N–H and O–H groups in total. The second-order valence-corrected chi connectivity index (χ2v) is 8.22. The Kier molecular flexibility index (Phi) is 6.12. The van der Waals surface area contributed by atoms with Crippen LogP contribution in [0.5, 0.6) is 11.5 Å². The molecule has 0 atom stereocenters. The summed E-state index contributed by atoms with van der Waals surface area (Å²) in [6.45, 7) is 8.89. The highest BCUT2D eigenvalue weighted by atomic mass is 16.5. The van der Waals surface area contributed by atoms with Gasteiger partial charge in [0.1, 0.15) is 17.1 Å². The summed E-state index contributed by atoms with van der Waals surface area (Å²) in [5, 5.41) is 1.05. The quantitative estimate of drug-likeness (QED) is 0.539. The number of hydrogen-bond acceptors (Lipinski definition) is 5. The Morgan fingerprint density at radius 2 is 1.81 bits per heavy atom. The van der Waals surface area contributed by atoms with E-state index < -0.39 is 0 Å². The number of aryl methyl sites for hydroxylation is 2. The molecular weight excluding hydrogens is 404 g/mol. The van der Waals surface area contributed by atoms with Crippen LogP contribution in [0.15, 0.2) is 47.1 Å². The van der Waals surface area contributed by atoms with Crippen molar-refractivity contribution < 1.29 is 18.7 Å². The van der Waals surface area contributed by atoms with Crippen molar-refractivity contribution in [3.8, 4) is 11.5 Å². The van der Waals surface area contributed by atoms with Crippen molar-refractivity contribution >= 4 is 28.1 Å². The van der Waals surface area contributed by atoms with Crippen LogP contribution in [0.2, 0.25) is 0 Å². The Hall–Kier alpha value is -3.41. The van der Waals surface area contributed by atoms with Crippen LogP contribution in [-0.2, 0) is 4.79 Å². The van der Waals surface area contributed by atoms with Crippen LogP contribution in [0, 0.1) is 13.8 Å². The van der Waals surface area contributed by atoms with Crippen LogP contribution in [0.3, 0.4) is 0 Å². The largest absolute Gasteiger partial charge is 0.497 e. The van der Waals surface area contributed by atoms with Crippen LogP contribution in [-0.4, -0.2) is 51.2 Å². The molecule has 0 unspecified atom stereocenters. The van der Waals surface area contributed by atoms with Crippen LogP contribution in [0.25, 0.3) is 16.5 Å². The number of methoxy groups -OCH3 is 2. The van der Waals surface area contributed by atoms with E-state index in [1.807, 2.05) is 43.9 Å². The highest BCUT2D eigenvalue weighted by Crippen LogP contribution is 2.37. The SMILES string of the molecule is COc1cccc(N2CCN(C(=O)/C=C(\C)c3cc4c(C)coc4c(C)c3OC)CC2)c1. The standard InChI is InChI=1S/C26H30N2O4/c1-17(22-15-23-18(2)16-32-26(23)19(3)25(22)31-5)13-24(29)28-11-9-27(10-12-28)20-7-6-8-21(14-20)30-4/h6-8,13-16H,9-12H2,1-5H3/b17-13+. The van der Waals surface area contributed by atoms with Gasteiger partial charge in [-0.15, -0.1) is 0 Å². The van der Waals surface area contributed by atoms with Gasteiger partial charge in [-0.2, -0.15) is 0 Å². The lowest BCUT2D eigenvalue weighted by molar-refractivity contribution is -0.126. The number of fused-ring (bicyclic) bond motifs is 1. The zero-order valence-electron chi connectivity index (χ0n) is 19.4. The molecular formula is C26H30N2O4. The Morgan fingerprint density at radius 1 is 1.06 bits per heavy atom. The molecule has 4 rings (SSSR count). The van der Waals surface area contributed by atoms with Crippen molar-refractivity contribution in [3.63, 3.8) is 0 Å². The number of carbonyl (C=O) groups is 1. The van der Waals surface area contributed by atoms with Gasteiger partial charge in [-0.1, -0.05) is 6.07 Å². The molecule has 1 aromatic heterocycles. The summed E-state index contributed by atoms with van der Waals surface area (Å²) in [7, 11) is 3.33. The minimum Gasteiger partial charge on any atom is -0.497 e. The molecule has 2 heterocycles. The van der Waals surface area contributed by atoms with E-state index in [2.05, 4.69) is 17.0 Å². The number of furan rings is 1. The fourth-order valence-corrected chi connectivity index (χ4v) is 4.34. The number of carbonyl (C=O) groups excluding carboxylic acids is 1. The van der Waals surface area contributed by atoms with Gasteiger partial charge in [-0.05, 0) is 50.1 Å². The van der Waals surface area contributed by atoms with Crippen LogP contribution >= 0.6 is 0 Å². The first-order valence-corrected chi connectivity index (χ1v) is 10.8. The van der Waals surface area contributed by atoms with Crippen molar-refractivity contribution in [2.45, 2.75) is 20.8 Å². The number of amides is 1. The zero-order chi connectivity index (χ0) is 22.8. The first kappa shape index (κ1) is 21.8. The number of benzene rings is 2.